The van der Waals surface area contributed by atoms with Crippen molar-refractivity contribution in [2.45, 2.75) is 26.3 Å². The zero-order chi connectivity index (χ0) is 16.9. The molecule has 128 valence electrons. The van der Waals surface area contributed by atoms with E-state index in [1.54, 1.807) is 6.20 Å². The maximum absolute atomic E-state index is 12.2. The molecule has 0 unspecified atom stereocenters. The second kappa shape index (κ2) is 7.88. The van der Waals surface area contributed by atoms with E-state index < -0.39 is 0 Å². The lowest BCUT2D eigenvalue weighted by Crippen LogP contribution is -2.37. The van der Waals surface area contributed by atoms with E-state index in [0.29, 0.717) is 10.9 Å². The Morgan fingerprint density at radius 2 is 2.04 bits per heavy atom. The lowest BCUT2D eigenvalue weighted by Gasteiger charge is -2.32. The quantitative estimate of drug-likeness (QED) is 0.903. The number of rotatable bonds is 5. The maximum atomic E-state index is 12.2. The van der Waals surface area contributed by atoms with Gasteiger partial charge in [0.05, 0.1) is 24.4 Å². The van der Waals surface area contributed by atoms with Crippen LogP contribution in [0.2, 0.25) is 0 Å². The van der Waals surface area contributed by atoms with Crippen molar-refractivity contribution in [2.75, 3.05) is 31.6 Å². The highest BCUT2D eigenvalue weighted by Gasteiger charge is 2.18. The number of hydrogen-bond acceptors (Lipinski definition) is 5. The summed E-state index contributed by atoms with van der Waals surface area (Å²) in [6.07, 6.45) is 2.50. The number of aromatic nitrogens is 1. The van der Waals surface area contributed by atoms with Gasteiger partial charge >= 0.3 is 0 Å². The van der Waals surface area contributed by atoms with Crippen molar-refractivity contribution >= 4 is 22.9 Å². The first kappa shape index (κ1) is 17.1. The van der Waals surface area contributed by atoms with Crippen molar-refractivity contribution in [3.05, 3.63) is 45.9 Å². The summed E-state index contributed by atoms with van der Waals surface area (Å²) in [5, 5.41) is 3.92. The average Bonchev–Trinajstić information content (AvgIpc) is 3.12. The van der Waals surface area contributed by atoms with Crippen LogP contribution in [0, 0.1) is 0 Å². The minimum atomic E-state index is -0.0961. The number of aryl methyl sites for hydroxylation is 1. The molecule has 6 heteroatoms. The number of amides is 1. The molecule has 1 amide bonds. The van der Waals surface area contributed by atoms with Gasteiger partial charge in [-0.2, -0.15) is 0 Å². The fourth-order valence-electron chi connectivity index (χ4n) is 2.79. The summed E-state index contributed by atoms with van der Waals surface area (Å²) in [5.41, 5.74) is 2.06. The zero-order valence-corrected chi connectivity index (χ0v) is 14.9. The van der Waals surface area contributed by atoms with E-state index in [1.165, 1.54) is 16.9 Å². The summed E-state index contributed by atoms with van der Waals surface area (Å²) in [7, 11) is 0. The van der Waals surface area contributed by atoms with E-state index in [4.69, 9.17) is 4.74 Å². The van der Waals surface area contributed by atoms with Gasteiger partial charge in [-0.1, -0.05) is 19.1 Å². The minimum Gasteiger partial charge on any atom is -0.379 e. The van der Waals surface area contributed by atoms with Crippen LogP contribution in [0.5, 0.6) is 0 Å². The van der Waals surface area contributed by atoms with E-state index in [2.05, 4.69) is 34.3 Å². The molecule has 3 rings (SSSR count). The van der Waals surface area contributed by atoms with Crippen molar-refractivity contribution in [3.63, 3.8) is 0 Å². The molecule has 0 bridgehead atoms. The van der Waals surface area contributed by atoms with Crippen LogP contribution in [0.3, 0.4) is 0 Å². The van der Waals surface area contributed by atoms with E-state index in [0.717, 1.165) is 43.4 Å². The highest BCUT2D eigenvalue weighted by atomic mass is 32.1. The molecule has 1 aliphatic heterocycles. The Balaban J connectivity index is 1.62. The summed E-state index contributed by atoms with van der Waals surface area (Å²) >= 11 is 1.45. The van der Waals surface area contributed by atoms with Crippen LogP contribution in [-0.4, -0.2) is 42.1 Å². The molecule has 0 radical (unpaired) electrons. The van der Waals surface area contributed by atoms with Gasteiger partial charge in [0.1, 0.15) is 4.88 Å². The molecule has 0 spiro atoms. The van der Waals surface area contributed by atoms with Crippen molar-refractivity contribution < 1.29 is 9.53 Å². The van der Waals surface area contributed by atoms with Crippen molar-refractivity contribution in [3.8, 4) is 0 Å². The number of benzene rings is 1. The smallest absolute Gasteiger partial charge is 0.267 e. The molecule has 1 aliphatic rings. The molecule has 2 heterocycles. The standard InChI is InChI=1S/C18H23N3O2S/c1-3-17-19-12-16(24-17)18(22)20-15-6-4-14(5-7-15)13(2)21-8-10-23-11-9-21/h4-7,12-13H,3,8-11H2,1-2H3,(H,20,22)/t13-/m0/s1. The number of morpholine rings is 1. The highest BCUT2D eigenvalue weighted by molar-refractivity contribution is 7.13. The molecule has 0 saturated carbocycles. The normalized spacial score (nSPS) is 16.8. The van der Waals surface area contributed by atoms with Crippen LogP contribution in [0.1, 0.15) is 40.1 Å². The van der Waals surface area contributed by atoms with Gasteiger partial charge in [-0.05, 0) is 31.0 Å². The summed E-state index contributed by atoms with van der Waals surface area (Å²) in [6, 6.07) is 8.45. The monoisotopic (exact) mass is 345 g/mol. The number of anilines is 1. The lowest BCUT2D eigenvalue weighted by molar-refractivity contribution is 0.0198. The fourth-order valence-corrected chi connectivity index (χ4v) is 3.54. The van der Waals surface area contributed by atoms with Gasteiger partial charge in [-0.15, -0.1) is 11.3 Å². The average molecular weight is 345 g/mol. The molecule has 1 aromatic carbocycles. The van der Waals surface area contributed by atoms with Gasteiger partial charge in [0.25, 0.3) is 5.91 Å². The molecule has 1 N–H and O–H groups in total. The number of hydrogen-bond donors (Lipinski definition) is 1. The first-order chi connectivity index (χ1) is 11.7. The van der Waals surface area contributed by atoms with Crippen LogP contribution < -0.4 is 5.32 Å². The van der Waals surface area contributed by atoms with Crippen LogP contribution in [0.15, 0.2) is 30.5 Å². The summed E-state index contributed by atoms with van der Waals surface area (Å²) in [6.45, 7) is 7.77. The molecule has 0 aliphatic carbocycles. The Morgan fingerprint density at radius 1 is 1.33 bits per heavy atom. The third-order valence-electron chi connectivity index (χ3n) is 4.32. The van der Waals surface area contributed by atoms with Gasteiger partial charge < -0.3 is 10.1 Å². The highest BCUT2D eigenvalue weighted by Crippen LogP contribution is 2.23. The molecule has 1 fully saturated rings. The van der Waals surface area contributed by atoms with E-state index in [1.807, 2.05) is 19.1 Å². The maximum Gasteiger partial charge on any atom is 0.267 e. The molecule has 2 aromatic rings. The summed E-state index contributed by atoms with van der Waals surface area (Å²) < 4.78 is 5.41. The third kappa shape index (κ3) is 4.01. The summed E-state index contributed by atoms with van der Waals surface area (Å²) in [4.78, 5) is 19.5. The SMILES string of the molecule is CCc1ncc(C(=O)Nc2ccc([C@H](C)N3CCOCC3)cc2)s1. The second-order valence-electron chi connectivity index (χ2n) is 5.87. The molecule has 1 aromatic heterocycles. The molecule has 24 heavy (non-hydrogen) atoms. The third-order valence-corrected chi connectivity index (χ3v) is 5.46. The predicted octanol–water partition coefficient (Wildman–Crippen LogP) is 3.35. The van der Waals surface area contributed by atoms with Gasteiger partial charge in [0.15, 0.2) is 0 Å². The molecular formula is C18H23N3O2S. The molecule has 1 saturated heterocycles. The van der Waals surface area contributed by atoms with Crippen molar-refractivity contribution in [1.29, 1.82) is 0 Å². The van der Waals surface area contributed by atoms with Crippen LogP contribution in [-0.2, 0) is 11.2 Å². The number of carbonyl (C=O) groups is 1. The molecule has 5 nitrogen and oxygen atoms in total. The van der Waals surface area contributed by atoms with Gasteiger partial charge in [-0.25, -0.2) is 4.98 Å². The first-order valence-corrected chi connectivity index (χ1v) is 9.17. The second-order valence-corrected chi connectivity index (χ2v) is 6.99. The van der Waals surface area contributed by atoms with Crippen molar-refractivity contribution in [2.24, 2.45) is 0 Å². The largest absolute Gasteiger partial charge is 0.379 e. The van der Waals surface area contributed by atoms with E-state index >= 15 is 0 Å². The van der Waals surface area contributed by atoms with Crippen LogP contribution in [0.4, 0.5) is 5.69 Å². The Labute approximate surface area is 146 Å². The minimum absolute atomic E-state index is 0.0961. The molecule has 1 atom stereocenters. The number of nitrogens with one attached hydrogen (secondary N) is 1. The summed E-state index contributed by atoms with van der Waals surface area (Å²) in [5.74, 6) is -0.0961. The van der Waals surface area contributed by atoms with Gasteiger partial charge in [-0.3, -0.25) is 9.69 Å². The van der Waals surface area contributed by atoms with Crippen molar-refractivity contribution in [1.82, 2.24) is 9.88 Å². The topological polar surface area (TPSA) is 54.5 Å². The van der Waals surface area contributed by atoms with Crippen LogP contribution in [0.25, 0.3) is 0 Å². The number of ether oxygens (including phenoxy) is 1. The lowest BCUT2D eigenvalue weighted by atomic mass is 10.1. The van der Waals surface area contributed by atoms with E-state index in [9.17, 15) is 4.79 Å². The van der Waals surface area contributed by atoms with Gasteiger partial charge in [0, 0.05) is 24.8 Å². The Bertz CT molecular complexity index is 678. The number of nitrogens with zero attached hydrogens (tertiary/aromatic N) is 2. The van der Waals surface area contributed by atoms with Gasteiger partial charge in [0.2, 0.25) is 0 Å². The Kier molecular flexibility index (Phi) is 5.60. The first-order valence-electron chi connectivity index (χ1n) is 8.35. The Morgan fingerprint density at radius 3 is 2.67 bits per heavy atom. The number of thiazole rings is 1. The fraction of sp³-hybridized carbons (Fsp3) is 0.444. The molecular weight excluding hydrogens is 322 g/mol. The number of carbonyl (C=O) groups excluding carboxylic acids is 1. The Hall–Kier alpha value is -1.76. The van der Waals surface area contributed by atoms with Crippen LogP contribution >= 0.6 is 11.3 Å². The van der Waals surface area contributed by atoms with E-state index in [-0.39, 0.29) is 5.91 Å². The predicted molar refractivity (Wildman–Crippen MR) is 96.7 cm³/mol. The zero-order valence-electron chi connectivity index (χ0n) is 14.1.